The van der Waals surface area contributed by atoms with Crippen molar-refractivity contribution in [2.24, 2.45) is 0 Å². The molecule has 1 aromatic carbocycles. The minimum atomic E-state index is 0.0181. The van der Waals surface area contributed by atoms with Crippen LogP contribution in [-0.4, -0.2) is 43.5 Å². The van der Waals surface area contributed by atoms with E-state index < -0.39 is 0 Å². The van der Waals surface area contributed by atoms with Crippen LogP contribution in [0.2, 0.25) is 0 Å². The maximum atomic E-state index is 12.4. The normalized spacial score (nSPS) is 16.3. The van der Waals surface area contributed by atoms with E-state index in [9.17, 15) is 4.79 Å². The molecule has 5 heteroatoms. The Morgan fingerprint density at radius 1 is 1.21 bits per heavy atom. The number of amides is 1. The number of nitrogens with zero attached hydrogens (tertiary/aromatic N) is 1. The molecule has 4 nitrogen and oxygen atoms in total. The standard InChI is InChI=1S/C14H18ClNO3/c1-18-12-4-3-10(9-13(12)19-2)14(17)16-7-5-11(15)6-8-16/h3-4,9,11H,5-8H2,1-2H3. The Balaban J connectivity index is 2.15. The molecule has 0 spiro atoms. The van der Waals surface area contributed by atoms with Gasteiger partial charge in [-0.25, -0.2) is 0 Å². The quantitative estimate of drug-likeness (QED) is 0.800. The lowest BCUT2D eigenvalue weighted by atomic mass is 10.1. The molecule has 0 radical (unpaired) electrons. The number of halogens is 1. The molecule has 1 saturated heterocycles. The Labute approximate surface area is 118 Å². The van der Waals surface area contributed by atoms with E-state index in [1.807, 2.05) is 4.90 Å². The number of likely N-dealkylation sites (tertiary alicyclic amines) is 1. The van der Waals surface area contributed by atoms with E-state index in [4.69, 9.17) is 21.1 Å². The largest absolute Gasteiger partial charge is 0.493 e. The van der Waals surface area contributed by atoms with Crippen LogP contribution in [0.5, 0.6) is 11.5 Å². The second kappa shape index (κ2) is 6.15. The number of carbonyl (C=O) groups excluding carboxylic acids is 1. The van der Waals surface area contributed by atoms with Gasteiger partial charge in [0.2, 0.25) is 0 Å². The molecule has 0 saturated carbocycles. The van der Waals surface area contributed by atoms with Gasteiger partial charge in [-0.3, -0.25) is 4.79 Å². The summed E-state index contributed by atoms with van der Waals surface area (Å²) in [5.74, 6) is 1.21. The Hall–Kier alpha value is -1.42. The van der Waals surface area contributed by atoms with Gasteiger partial charge in [0.05, 0.1) is 14.2 Å². The third kappa shape index (κ3) is 3.13. The Kier molecular flexibility index (Phi) is 4.53. The molecular formula is C14H18ClNO3. The molecule has 1 aromatic rings. The van der Waals surface area contributed by atoms with E-state index in [0.29, 0.717) is 30.2 Å². The molecule has 1 aliphatic rings. The number of hydrogen-bond donors (Lipinski definition) is 0. The van der Waals surface area contributed by atoms with Crippen LogP contribution in [0.3, 0.4) is 0 Å². The number of methoxy groups -OCH3 is 2. The molecule has 0 atom stereocenters. The highest BCUT2D eigenvalue weighted by Crippen LogP contribution is 2.28. The molecule has 1 amide bonds. The number of alkyl halides is 1. The highest BCUT2D eigenvalue weighted by atomic mass is 35.5. The van der Waals surface area contributed by atoms with Crippen LogP contribution >= 0.6 is 11.6 Å². The Morgan fingerprint density at radius 3 is 2.42 bits per heavy atom. The van der Waals surface area contributed by atoms with Crippen molar-refractivity contribution in [2.45, 2.75) is 18.2 Å². The predicted octanol–water partition coefficient (Wildman–Crippen LogP) is 2.55. The summed E-state index contributed by atoms with van der Waals surface area (Å²) in [6, 6.07) is 5.23. The van der Waals surface area contributed by atoms with Crippen LogP contribution in [0.4, 0.5) is 0 Å². The van der Waals surface area contributed by atoms with Crippen LogP contribution in [0.1, 0.15) is 23.2 Å². The number of piperidine rings is 1. The molecule has 2 rings (SSSR count). The van der Waals surface area contributed by atoms with Gasteiger partial charge in [-0.1, -0.05) is 0 Å². The van der Waals surface area contributed by atoms with Gasteiger partial charge >= 0.3 is 0 Å². The zero-order chi connectivity index (χ0) is 13.8. The van der Waals surface area contributed by atoms with Crippen molar-refractivity contribution in [1.82, 2.24) is 4.90 Å². The average molecular weight is 284 g/mol. The molecule has 0 aliphatic carbocycles. The van der Waals surface area contributed by atoms with E-state index in [2.05, 4.69) is 0 Å². The number of carbonyl (C=O) groups is 1. The smallest absolute Gasteiger partial charge is 0.253 e. The summed E-state index contributed by atoms with van der Waals surface area (Å²) in [7, 11) is 3.13. The van der Waals surface area contributed by atoms with E-state index in [1.54, 1.807) is 32.4 Å². The van der Waals surface area contributed by atoms with Gasteiger partial charge in [0, 0.05) is 24.0 Å². The zero-order valence-corrected chi connectivity index (χ0v) is 11.9. The predicted molar refractivity (Wildman–Crippen MR) is 74.3 cm³/mol. The highest BCUT2D eigenvalue weighted by Gasteiger charge is 2.23. The summed E-state index contributed by atoms with van der Waals surface area (Å²) in [4.78, 5) is 14.2. The molecule has 0 aromatic heterocycles. The fraction of sp³-hybridized carbons (Fsp3) is 0.500. The maximum Gasteiger partial charge on any atom is 0.253 e. The minimum absolute atomic E-state index is 0.0181. The fourth-order valence-electron chi connectivity index (χ4n) is 2.20. The van der Waals surface area contributed by atoms with Crippen LogP contribution in [0.25, 0.3) is 0 Å². The number of ether oxygens (including phenoxy) is 2. The van der Waals surface area contributed by atoms with Crippen molar-refractivity contribution in [3.05, 3.63) is 23.8 Å². The summed E-state index contributed by atoms with van der Waals surface area (Å²) in [6.45, 7) is 1.42. The third-order valence-corrected chi connectivity index (χ3v) is 3.78. The van der Waals surface area contributed by atoms with Crippen molar-refractivity contribution >= 4 is 17.5 Å². The number of benzene rings is 1. The van der Waals surface area contributed by atoms with Crippen molar-refractivity contribution < 1.29 is 14.3 Å². The lowest BCUT2D eigenvalue weighted by Gasteiger charge is -2.29. The van der Waals surface area contributed by atoms with Crippen LogP contribution in [0, 0.1) is 0 Å². The van der Waals surface area contributed by atoms with Crippen molar-refractivity contribution in [3.8, 4) is 11.5 Å². The zero-order valence-electron chi connectivity index (χ0n) is 11.2. The molecule has 1 aliphatic heterocycles. The first-order chi connectivity index (χ1) is 9.15. The van der Waals surface area contributed by atoms with Gasteiger partial charge in [-0.2, -0.15) is 0 Å². The Bertz CT molecular complexity index is 456. The van der Waals surface area contributed by atoms with E-state index >= 15 is 0 Å². The van der Waals surface area contributed by atoms with Gasteiger partial charge in [0.1, 0.15) is 0 Å². The van der Waals surface area contributed by atoms with Crippen LogP contribution in [0.15, 0.2) is 18.2 Å². The summed E-state index contributed by atoms with van der Waals surface area (Å²) in [5.41, 5.74) is 0.616. The van der Waals surface area contributed by atoms with E-state index in [0.717, 1.165) is 12.8 Å². The van der Waals surface area contributed by atoms with Gasteiger partial charge < -0.3 is 14.4 Å². The van der Waals surface area contributed by atoms with Gasteiger partial charge in [0.25, 0.3) is 5.91 Å². The van der Waals surface area contributed by atoms with Crippen molar-refractivity contribution in [3.63, 3.8) is 0 Å². The summed E-state index contributed by atoms with van der Waals surface area (Å²) in [5, 5.41) is 0.189. The van der Waals surface area contributed by atoms with E-state index in [-0.39, 0.29) is 11.3 Å². The molecule has 104 valence electrons. The first kappa shape index (κ1) is 14.0. The molecular weight excluding hydrogens is 266 g/mol. The molecule has 0 bridgehead atoms. The van der Waals surface area contributed by atoms with Gasteiger partial charge in [-0.15, -0.1) is 11.6 Å². The maximum absolute atomic E-state index is 12.4. The van der Waals surface area contributed by atoms with Crippen LogP contribution < -0.4 is 9.47 Å². The molecule has 0 N–H and O–H groups in total. The van der Waals surface area contributed by atoms with Gasteiger partial charge in [-0.05, 0) is 31.0 Å². The minimum Gasteiger partial charge on any atom is -0.493 e. The van der Waals surface area contributed by atoms with Crippen molar-refractivity contribution in [2.75, 3.05) is 27.3 Å². The molecule has 1 heterocycles. The highest BCUT2D eigenvalue weighted by molar-refractivity contribution is 6.20. The van der Waals surface area contributed by atoms with E-state index in [1.165, 1.54) is 0 Å². The monoisotopic (exact) mass is 283 g/mol. The number of rotatable bonds is 3. The lowest BCUT2D eigenvalue weighted by molar-refractivity contribution is 0.0726. The first-order valence-electron chi connectivity index (χ1n) is 6.31. The second-order valence-corrected chi connectivity index (χ2v) is 5.15. The first-order valence-corrected chi connectivity index (χ1v) is 6.74. The van der Waals surface area contributed by atoms with Crippen molar-refractivity contribution in [1.29, 1.82) is 0 Å². The fourth-order valence-corrected chi connectivity index (χ4v) is 2.40. The second-order valence-electron chi connectivity index (χ2n) is 4.54. The summed E-state index contributed by atoms with van der Waals surface area (Å²) in [6.07, 6.45) is 1.70. The Morgan fingerprint density at radius 2 is 1.84 bits per heavy atom. The van der Waals surface area contributed by atoms with Crippen LogP contribution in [-0.2, 0) is 0 Å². The SMILES string of the molecule is COc1ccc(C(=O)N2CCC(Cl)CC2)cc1OC. The molecule has 1 fully saturated rings. The topological polar surface area (TPSA) is 38.8 Å². The molecule has 19 heavy (non-hydrogen) atoms. The number of hydrogen-bond acceptors (Lipinski definition) is 3. The lowest BCUT2D eigenvalue weighted by Crippen LogP contribution is -2.38. The average Bonchev–Trinajstić information content (AvgIpc) is 2.46. The third-order valence-electron chi connectivity index (χ3n) is 3.34. The molecule has 0 unspecified atom stereocenters. The summed E-state index contributed by atoms with van der Waals surface area (Å²) < 4.78 is 10.4. The summed E-state index contributed by atoms with van der Waals surface area (Å²) >= 11 is 6.05. The van der Waals surface area contributed by atoms with Gasteiger partial charge in [0.15, 0.2) is 11.5 Å².